The van der Waals surface area contributed by atoms with E-state index in [1.54, 1.807) is 0 Å². The fourth-order valence-corrected chi connectivity index (χ4v) is 4.19. The molecule has 2 N–H and O–H groups in total. The largest absolute Gasteiger partial charge is 0.416 e. The van der Waals surface area contributed by atoms with E-state index in [0.29, 0.717) is 18.5 Å². The van der Waals surface area contributed by atoms with Crippen molar-refractivity contribution < 1.29 is 26.4 Å². The summed E-state index contributed by atoms with van der Waals surface area (Å²) >= 11 is 0. The second kappa shape index (κ2) is 9.71. The van der Waals surface area contributed by atoms with Crippen molar-refractivity contribution in [3.8, 4) is 0 Å². The first-order chi connectivity index (χ1) is 13.1. The summed E-state index contributed by atoms with van der Waals surface area (Å²) in [6.07, 6.45) is -1.49. The van der Waals surface area contributed by atoms with Crippen LogP contribution in [0.1, 0.15) is 31.7 Å². The molecule has 1 aliphatic rings. The van der Waals surface area contributed by atoms with Crippen molar-refractivity contribution in [2.24, 2.45) is 5.92 Å². The lowest BCUT2D eigenvalue weighted by Crippen LogP contribution is -2.39. The van der Waals surface area contributed by atoms with Crippen LogP contribution in [0.2, 0.25) is 0 Å². The minimum atomic E-state index is -4.64. The van der Waals surface area contributed by atoms with E-state index in [-0.39, 0.29) is 0 Å². The molecule has 1 atom stereocenters. The minimum Gasteiger partial charge on any atom is -0.355 e. The van der Waals surface area contributed by atoms with Gasteiger partial charge in [0.05, 0.1) is 17.0 Å². The molecular formula is C18H26F3N3O3S. The number of nitrogens with one attached hydrogen (secondary N) is 2. The van der Waals surface area contributed by atoms with Crippen LogP contribution >= 0.6 is 0 Å². The average Bonchev–Trinajstić information content (AvgIpc) is 2.63. The highest BCUT2D eigenvalue weighted by molar-refractivity contribution is 7.89. The number of carbonyl (C=O) groups is 1. The number of nitrogens with zero attached hydrogens (tertiary/aromatic N) is 1. The zero-order valence-corrected chi connectivity index (χ0v) is 16.6. The predicted molar refractivity (Wildman–Crippen MR) is 99.1 cm³/mol. The van der Waals surface area contributed by atoms with Gasteiger partial charge in [-0.05, 0) is 56.5 Å². The van der Waals surface area contributed by atoms with Crippen LogP contribution in [-0.2, 0) is 21.0 Å². The molecule has 0 aliphatic carbocycles. The first-order valence-electron chi connectivity index (χ1n) is 9.24. The van der Waals surface area contributed by atoms with E-state index in [4.69, 9.17) is 0 Å². The number of rotatable bonds is 8. The third-order valence-electron chi connectivity index (χ3n) is 4.61. The Morgan fingerprint density at radius 1 is 1.32 bits per heavy atom. The Balaban J connectivity index is 1.75. The Bertz CT molecular complexity index is 769. The lowest BCUT2D eigenvalue weighted by atomic mass is 10.0. The highest BCUT2D eigenvalue weighted by Crippen LogP contribution is 2.30. The number of sulfonamides is 1. The summed E-state index contributed by atoms with van der Waals surface area (Å²) in [6.45, 7) is 5.05. The van der Waals surface area contributed by atoms with Crippen LogP contribution < -0.4 is 10.0 Å². The second-order valence-electron chi connectivity index (χ2n) is 7.10. The number of amides is 1. The molecule has 1 heterocycles. The van der Waals surface area contributed by atoms with Gasteiger partial charge in [0.2, 0.25) is 15.9 Å². The number of likely N-dealkylation sites (tertiary alicyclic amines) is 1. The number of benzene rings is 1. The van der Waals surface area contributed by atoms with Gasteiger partial charge < -0.3 is 10.2 Å². The summed E-state index contributed by atoms with van der Waals surface area (Å²) in [5.74, 6) is 0.149. The van der Waals surface area contributed by atoms with Crippen molar-refractivity contribution in [3.63, 3.8) is 0 Å². The maximum atomic E-state index is 12.7. The first-order valence-corrected chi connectivity index (χ1v) is 10.7. The molecule has 10 heteroatoms. The Labute approximate surface area is 163 Å². The molecular weight excluding hydrogens is 395 g/mol. The number of piperidine rings is 1. The second-order valence-corrected chi connectivity index (χ2v) is 8.87. The third kappa shape index (κ3) is 7.06. The molecule has 0 radical (unpaired) electrons. The monoisotopic (exact) mass is 421 g/mol. The Morgan fingerprint density at radius 3 is 2.75 bits per heavy atom. The normalized spacial score (nSPS) is 18.8. The molecule has 1 fully saturated rings. The summed E-state index contributed by atoms with van der Waals surface area (Å²) in [5, 5.41) is 2.62. The molecule has 0 bridgehead atoms. The zero-order valence-electron chi connectivity index (χ0n) is 15.8. The van der Waals surface area contributed by atoms with Crippen molar-refractivity contribution in [3.05, 3.63) is 29.8 Å². The molecule has 1 aromatic carbocycles. The predicted octanol–water partition coefficient (Wildman–Crippen LogP) is 2.22. The SMILES string of the molecule is CC1CCCN(CCCNC(=O)CNS(=O)(=O)c2cccc(C(F)(F)F)c2)C1. The Hall–Kier alpha value is -1.65. The van der Waals surface area contributed by atoms with Crippen LogP contribution in [0, 0.1) is 5.92 Å². The van der Waals surface area contributed by atoms with Gasteiger partial charge in [0.25, 0.3) is 0 Å². The molecule has 1 aromatic rings. The van der Waals surface area contributed by atoms with E-state index in [0.717, 1.165) is 44.3 Å². The van der Waals surface area contributed by atoms with E-state index in [2.05, 4.69) is 17.1 Å². The summed E-state index contributed by atoms with van der Waals surface area (Å²) in [7, 11) is -4.21. The maximum Gasteiger partial charge on any atom is 0.416 e. The molecule has 28 heavy (non-hydrogen) atoms. The van der Waals surface area contributed by atoms with Gasteiger partial charge >= 0.3 is 6.18 Å². The van der Waals surface area contributed by atoms with Crippen LogP contribution in [0.15, 0.2) is 29.2 Å². The zero-order chi connectivity index (χ0) is 20.8. The van der Waals surface area contributed by atoms with Crippen LogP contribution in [0.25, 0.3) is 0 Å². The molecule has 6 nitrogen and oxygen atoms in total. The van der Waals surface area contributed by atoms with Gasteiger partial charge in [0.15, 0.2) is 0 Å². The molecule has 158 valence electrons. The van der Waals surface area contributed by atoms with Crippen LogP contribution in [-0.4, -0.2) is 51.9 Å². The van der Waals surface area contributed by atoms with E-state index in [1.807, 2.05) is 4.72 Å². The quantitative estimate of drug-likeness (QED) is 0.631. The molecule has 0 spiro atoms. The fourth-order valence-electron chi connectivity index (χ4n) is 3.17. The molecule has 1 unspecified atom stereocenters. The van der Waals surface area contributed by atoms with Gasteiger partial charge in [0.1, 0.15) is 0 Å². The van der Waals surface area contributed by atoms with Gasteiger partial charge in [-0.3, -0.25) is 4.79 Å². The topological polar surface area (TPSA) is 78.5 Å². The smallest absolute Gasteiger partial charge is 0.355 e. The van der Waals surface area contributed by atoms with E-state index < -0.39 is 39.1 Å². The lowest BCUT2D eigenvalue weighted by molar-refractivity contribution is -0.137. The van der Waals surface area contributed by atoms with Gasteiger partial charge in [-0.25, -0.2) is 13.1 Å². The highest BCUT2D eigenvalue weighted by atomic mass is 32.2. The van der Waals surface area contributed by atoms with Gasteiger partial charge in [-0.2, -0.15) is 13.2 Å². The van der Waals surface area contributed by atoms with Crippen LogP contribution in [0.5, 0.6) is 0 Å². The number of hydrogen-bond acceptors (Lipinski definition) is 4. The Morgan fingerprint density at radius 2 is 2.07 bits per heavy atom. The third-order valence-corrected chi connectivity index (χ3v) is 6.01. The van der Waals surface area contributed by atoms with Crippen molar-refractivity contribution >= 4 is 15.9 Å². The molecule has 0 saturated carbocycles. The summed E-state index contributed by atoms with van der Waals surface area (Å²) < 4.78 is 64.4. The average molecular weight is 421 g/mol. The van der Waals surface area contributed by atoms with Crippen molar-refractivity contribution in [2.45, 2.75) is 37.3 Å². The highest BCUT2D eigenvalue weighted by Gasteiger charge is 2.31. The minimum absolute atomic E-state index is 0.412. The number of alkyl halides is 3. The van der Waals surface area contributed by atoms with Gasteiger partial charge in [-0.1, -0.05) is 13.0 Å². The number of halogens is 3. The van der Waals surface area contributed by atoms with E-state index in [1.165, 1.54) is 12.8 Å². The van der Waals surface area contributed by atoms with Gasteiger partial charge in [0, 0.05) is 13.1 Å². The maximum absolute atomic E-state index is 12.7. The van der Waals surface area contributed by atoms with Crippen LogP contribution in [0.3, 0.4) is 0 Å². The van der Waals surface area contributed by atoms with Crippen LogP contribution in [0.4, 0.5) is 13.2 Å². The number of hydrogen-bond donors (Lipinski definition) is 2. The van der Waals surface area contributed by atoms with Crippen molar-refractivity contribution in [1.29, 1.82) is 0 Å². The van der Waals surface area contributed by atoms with E-state index in [9.17, 15) is 26.4 Å². The molecule has 1 aliphatic heterocycles. The number of carbonyl (C=O) groups excluding carboxylic acids is 1. The first kappa shape index (κ1) is 22.6. The van der Waals surface area contributed by atoms with Crippen molar-refractivity contribution in [1.82, 2.24) is 14.9 Å². The molecule has 2 rings (SSSR count). The van der Waals surface area contributed by atoms with Crippen molar-refractivity contribution in [2.75, 3.05) is 32.7 Å². The fraction of sp³-hybridized carbons (Fsp3) is 0.611. The molecule has 1 amide bonds. The van der Waals surface area contributed by atoms with Gasteiger partial charge in [-0.15, -0.1) is 0 Å². The summed E-state index contributed by atoms with van der Waals surface area (Å²) in [5.41, 5.74) is -1.06. The molecule has 0 aromatic heterocycles. The summed E-state index contributed by atoms with van der Waals surface area (Å²) in [6, 6.07) is 3.39. The summed E-state index contributed by atoms with van der Waals surface area (Å²) in [4.78, 5) is 13.6. The Kier molecular flexibility index (Phi) is 7.85. The lowest BCUT2D eigenvalue weighted by Gasteiger charge is -2.30. The van der Waals surface area contributed by atoms with E-state index >= 15 is 0 Å². The molecule has 1 saturated heterocycles. The standard InChI is InChI=1S/C18H26F3N3O3S/c1-14-5-3-9-24(13-14)10-4-8-22-17(25)12-23-28(26,27)16-7-2-6-15(11-16)18(19,20)21/h2,6-7,11,14,23H,3-5,8-10,12-13H2,1H3,(H,22,25).